The molecule has 0 amide bonds. The first-order valence-corrected chi connectivity index (χ1v) is 5.86. The van der Waals surface area contributed by atoms with Gasteiger partial charge in [0, 0.05) is 24.5 Å². The SMILES string of the molecule is C=C(CCNCc1ccc(Cl)cc1)OCC. The quantitative estimate of drug-likeness (QED) is 0.582. The highest BCUT2D eigenvalue weighted by atomic mass is 35.5. The van der Waals surface area contributed by atoms with E-state index >= 15 is 0 Å². The molecule has 1 N–H and O–H groups in total. The van der Waals surface area contributed by atoms with Crippen LogP contribution < -0.4 is 5.32 Å². The van der Waals surface area contributed by atoms with E-state index in [0.29, 0.717) is 6.61 Å². The van der Waals surface area contributed by atoms with E-state index in [-0.39, 0.29) is 0 Å². The van der Waals surface area contributed by atoms with Crippen LogP contribution >= 0.6 is 11.6 Å². The van der Waals surface area contributed by atoms with E-state index < -0.39 is 0 Å². The average molecular weight is 240 g/mol. The van der Waals surface area contributed by atoms with Gasteiger partial charge in [0.2, 0.25) is 0 Å². The first-order chi connectivity index (χ1) is 7.72. The number of halogens is 1. The average Bonchev–Trinajstić information content (AvgIpc) is 2.27. The molecule has 0 spiro atoms. The molecule has 0 fully saturated rings. The summed E-state index contributed by atoms with van der Waals surface area (Å²) in [4.78, 5) is 0. The fourth-order valence-electron chi connectivity index (χ4n) is 1.34. The number of rotatable bonds is 7. The Morgan fingerprint density at radius 1 is 1.38 bits per heavy atom. The highest BCUT2D eigenvalue weighted by Crippen LogP contribution is 2.09. The maximum atomic E-state index is 5.80. The maximum Gasteiger partial charge on any atom is 0.0900 e. The van der Waals surface area contributed by atoms with Gasteiger partial charge in [0.05, 0.1) is 12.4 Å². The first kappa shape index (κ1) is 13.1. The Kier molecular flexibility index (Phi) is 5.98. The predicted molar refractivity (Wildman–Crippen MR) is 68.5 cm³/mol. The van der Waals surface area contributed by atoms with Crippen LogP contribution in [0.15, 0.2) is 36.6 Å². The molecule has 0 heterocycles. The topological polar surface area (TPSA) is 21.3 Å². The lowest BCUT2D eigenvalue weighted by atomic mass is 10.2. The van der Waals surface area contributed by atoms with Gasteiger partial charge in [-0.3, -0.25) is 0 Å². The fourth-order valence-corrected chi connectivity index (χ4v) is 1.47. The Balaban J connectivity index is 2.16. The minimum Gasteiger partial charge on any atom is -0.499 e. The van der Waals surface area contributed by atoms with E-state index in [9.17, 15) is 0 Å². The Labute approximate surface area is 102 Å². The van der Waals surface area contributed by atoms with Crippen molar-refractivity contribution in [3.8, 4) is 0 Å². The molecule has 0 aliphatic carbocycles. The molecule has 0 saturated heterocycles. The minimum atomic E-state index is 0.690. The second-order valence-electron chi connectivity index (χ2n) is 3.52. The lowest BCUT2D eigenvalue weighted by Crippen LogP contribution is -2.15. The van der Waals surface area contributed by atoms with Crippen LogP contribution in [0.25, 0.3) is 0 Å². The van der Waals surface area contributed by atoms with Gasteiger partial charge in [0.15, 0.2) is 0 Å². The van der Waals surface area contributed by atoms with Gasteiger partial charge in [-0.15, -0.1) is 0 Å². The molecule has 2 nitrogen and oxygen atoms in total. The van der Waals surface area contributed by atoms with E-state index in [1.165, 1.54) is 5.56 Å². The van der Waals surface area contributed by atoms with E-state index in [0.717, 1.165) is 30.3 Å². The van der Waals surface area contributed by atoms with Crippen LogP contribution in [0.5, 0.6) is 0 Å². The highest BCUT2D eigenvalue weighted by Gasteiger charge is 1.95. The van der Waals surface area contributed by atoms with Crippen molar-refractivity contribution in [2.75, 3.05) is 13.2 Å². The zero-order valence-corrected chi connectivity index (χ0v) is 10.4. The zero-order chi connectivity index (χ0) is 11.8. The van der Waals surface area contributed by atoms with Crippen molar-refractivity contribution < 1.29 is 4.74 Å². The van der Waals surface area contributed by atoms with Crippen molar-refractivity contribution >= 4 is 11.6 Å². The Morgan fingerprint density at radius 3 is 2.69 bits per heavy atom. The molecule has 0 saturated carbocycles. The molecule has 3 heteroatoms. The molecule has 0 bridgehead atoms. The molecule has 0 radical (unpaired) electrons. The fraction of sp³-hybridized carbons (Fsp3) is 0.385. The van der Waals surface area contributed by atoms with Gasteiger partial charge < -0.3 is 10.1 Å². The normalized spacial score (nSPS) is 10.1. The largest absolute Gasteiger partial charge is 0.499 e. The molecule has 0 atom stereocenters. The number of benzene rings is 1. The van der Waals surface area contributed by atoms with Crippen LogP contribution in [-0.4, -0.2) is 13.2 Å². The van der Waals surface area contributed by atoms with Gasteiger partial charge in [-0.2, -0.15) is 0 Å². The molecule has 88 valence electrons. The molecule has 0 unspecified atom stereocenters. The van der Waals surface area contributed by atoms with Gasteiger partial charge >= 0.3 is 0 Å². The van der Waals surface area contributed by atoms with E-state index in [2.05, 4.69) is 11.9 Å². The second kappa shape index (κ2) is 7.31. The van der Waals surface area contributed by atoms with E-state index in [4.69, 9.17) is 16.3 Å². The molecule has 16 heavy (non-hydrogen) atoms. The summed E-state index contributed by atoms with van der Waals surface area (Å²) in [6.45, 7) is 8.20. The number of hydrogen-bond donors (Lipinski definition) is 1. The maximum absolute atomic E-state index is 5.80. The van der Waals surface area contributed by atoms with Gasteiger partial charge in [0.25, 0.3) is 0 Å². The van der Waals surface area contributed by atoms with Crippen LogP contribution in [0.3, 0.4) is 0 Å². The molecule has 1 rings (SSSR count). The van der Waals surface area contributed by atoms with Gasteiger partial charge in [-0.25, -0.2) is 0 Å². The highest BCUT2D eigenvalue weighted by molar-refractivity contribution is 6.30. The lowest BCUT2D eigenvalue weighted by molar-refractivity contribution is 0.219. The van der Waals surface area contributed by atoms with Crippen molar-refractivity contribution in [3.05, 3.63) is 47.2 Å². The molecule has 0 aliphatic rings. The predicted octanol–water partition coefficient (Wildman–Crippen LogP) is 3.37. The number of nitrogens with one attached hydrogen (secondary N) is 1. The van der Waals surface area contributed by atoms with Crippen LogP contribution in [0.4, 0.5) is 0 Å². The van der Waals surface area contributed by atoms with E-state index in [1.807, 2.05) is 31.2 Å². The summed E-state index contributed by atoms with van der Waals surface area (Å²) in [7, 11) is 0. The molecule has 0 aliphatic heterocycles. The third kappa shape index (κ3) is 5.19. The van der Waals surface area contributed by atoms with Crippen molar-refractivity contribution in [1.82, 2.24) is 5.32 Å². The second-order valence-corrected chi connectivity index (χ2v) is 3.96. The Hall–Kier alpha value is -0.990. The Morgan fingerprint density at radius 2 is 2.06 bits per heavy atom. The molecule has 0 aromatic heterocycles. The summed E-state index contributed by atoms with van der Waals surface area (Å²) in [5, 5.41) is 4.10. The number of ether oxygens (including phenoxy) is 1. The molecular formula is C13H18ClNO. The molecular weight excluding hydrogens is 222 g/mol. The van der Waals surface area contributed by atoms with Crippen molar-refractivity contribution in [2.24, 2.45) is 0 Å². The number of hydrogen-bond acceptors (Lipinski definition) is 2. The van der Waals surface area contributed by atoms with Gasteiger partial charge in [0.1, 0.15) is 0 Å². The molecule has 1 aromatic carbocycles. The van der Waals surface area contributed by atoms with Gasteiger partial charge in [-0.1, -0.05) is 30.3 Å². The van der Waals surface area contributed by atoms with Gasteiger partial charge in [-0.05, 0) is 24.6 Å². The summed E-state index contributed by atoms with van der Waals surface area (Å²) >= 11 is 5.80. The van der Waals surface area contributed by atoms with Crippen molar-refractivity contribution in [3.63, 3.8) is 0 Å². The monoisotopic (exact) mass is 239 g/mol. The smallest absolute Gasteiger partial charge is 0.0900 e. The van der Waals surface area contributed by atoms with Crippen LogP contribution in [0.2, 0.25) is 5.02 Å². The molecule has 1 aromatic rings. The zero-order valence-electron chi connectivity index (χ0n) is 9.63. The minimum absolute atomic E-state index is 0.690. The Bertz CT molecular complexity index is 321. The first-order valence-electron chi connectivity index (χ1n) is 5.48. The van der Waals surface area contributed by atoms with Crippen LogP contribution in [0, 0.1) is 0 Å². The van der Waals surface area contributed by atoms with Crippen molar-refractivity contribution in [2.45, 2.75) is 19.9 Å². The third-order valence-electron chi connectivity index (χ3n) is 2.17. The summed E-state index contributed by atoms with van der Waals surface area (Å²) in [5.41, 5.74) is 1.23. The standard InChI is InChI=1S/C13H18ClNO/c1-3-16-11(2)8-9-15-10-12-4-6-13(14)7-5-12/h4-7,15H,2-3,8-10H2,1H3. The summed E-state index contributed by atoms with van der Waals surface area (Å²) in [6, 6.07) is 7.84. The lowest BCUT2D eigenvalue weighted by Gasteiger charge is -2.08. The summed E-state index contributed by atoms with van der Waals surface area (Å²) < 4.78 is 5.26. The van der Waals surface area contributed by atoms with Crippen molar-refractivity contribution in [1.29, 1.82) is 0 Å². The van der Waals surface area contributed by atoms with E-state index in [1.54, 1.807) is 0 Å². The third-order valence-corrected chi connectivity index (χ3v) is 2.42. The van der Waals surface area contributed by atoms with Crippen LogP contribution in [0.1, 0.15) is 18.9 Å². The summed E-state index contributed by atoms with van der Waals surface area (Å²) in [5.74, 6) is 0.839. The van der Waals surface area contributed by atoms with Crippen LogP contribution in [-0.2, 0) is 11.3 Å². The summed E-state index contributed by atoms with van der Waals surface area (Å²) in [6.07, 6.45) is 0.849.